The summed E-state index contributed by atoms with van der Waals surface area (Å²) in [5, 5.41) is 3.49. The lowest BCUT2D eigenvalue weighted by molar-refractivity contribution is 0.0940. The van der Waals surface area contributed by atoms with E-state index in [1.807, 2.05) is 78.9 Å². The summed E-state index contributed by atoms with van der Waals surface area (Å²) in [7, 11) is 0. The molecule has 1 unspecified atom stereocenters. The van der Waals surface area contributed by atoms with E-state index in [1.165, 1.54) is 0 Å². The molecule has 0 aromatic heterocycles. The van der Waals surface area contributed by atoms with Crippen LogP contribution in [0.25, 0.3) is 0 Å². The Morgan fingerprint density at radius 1 is 0.783 bits per heavy atom. The first-order chi connectivity index (χ1) is 11.2. The van der Waals surface area contributed by atoms with Crippen molar-refractivity contribution in [1.82, 2.24) is 0 Å². The fourth-order valence-electron chi connectivity index (χ4n) is 3.25. The van der Waals surface area contributed by atoms with E-state index in [2.05, 4.69) is 21.2 Å². The lowest BCUT2D eigenvalue weighted by Crippen LogP contribution is -2.40. The number of para-hydroxylation sites is 1. The molecule has 0 radical (unpaired) electrons. The van der Waals surface area contributed by atoms with E-state index in [0.29, 0.717) is 0 Å². The molecule has 0 saturated carbocycles. The topological polar surface area (TPSA) is 29.1 Å². The number of halogens is 1. The van der Waals surface area contributed by atoms with Crippen molar-refractivity contribution in [2.75, 3.05) is 5.32 Å². The van der Waals surface area contributed by atoms with E-state index in [4.69, 9.17) is 0 Å². The number of carbonyl (C=O) groups is 1. The van der Waals surface area contributed by atoms with Crippen molar-refractivity contribution in [3.8, 4) is 0 Å². The number of hydrogen-bond acceptors (Lipinski definition) is 2. The highest BCUT2D eigenvalue weighted by Gasteiger charge is 2.48. The number of ketones is 1. The third-order valence-corrected chi connectivity index (χ3v) is 5.01. The van der Waals surface area contributed by atoms with Crippen LogP contribution in [0, 0.1) is 0 Å². The Balaban J connectivity index is 2.02. The summed E-state index contributed by atoms with van der Waals surface area (Å²) in [5.74, 6) is 0.0752. The lowest BCUT2D eigenvalue weighted by atomic mass is 9.79. The van der Waals surface area contributed by atoms with Crippen LogP contribution in [-0.2, 0) is 5.54 Å². The van der Waals surface area contributed by atoms with Gasteiger partial charge in [-0.3, -0.25) is 4.79 Å². The van der Waals surface area contributed by atoms with E-state index in [9.17, 15) is 4.79 Å². The number of carbonyl (C=O) groups excluding carboxylic acids is 1. The monoisotopic (exact) mass is 363 g/mol. The van der Waals surface area contributed by atoms with Gasteiger partial charge in [0.25, 0.3) is 0 Å². The van der Waals surface area contributed by atoms with Crippen LogP contribution in [0.4, 0.5) is 5.69 Å². The van der Waals surface area contributed by atoms with Crippen molar-refractivity contribution in [3.05, 3.63) is 100 Å². The van der Waals surface area contributed by atoms with E-state index < -0.39 is 5.54 Å². The molecule has 112 valence electrons. The van der Waals surface area contributed by atoms with Gasteiger partial charge >= 0.3 is 0 Å². The number of nitrogens with one attached hydrogen (secondary N) is 1. The molecule has 3 aromatic rings. The molecule has 23 heavy (non-hydrogen) atoms. The van der Waals surface area contributed by atoms with E-state index in [-0.39, 0.29) is 5.78 Å². The smallest absolute Gasteiger partial charge is 0.199 e. The van der Waals surface area contributed by atoms with Gasteiger partial charge in [0.1, 0.15) is 0 Å². The molecular weight excluding hydrogens is 350 g/mol. The average Bonchev–Trinajstić information content (AvgIpc) is 2.90. The largest absolute Gasteiger partial charge is 0.365 e. The molecule has 4 rings (SSSR count). The molecule has 1 atom stereocenters. The highest BCUT2D eigenvalue weighted by atomic mass is 79.9. The summed E-state index contributed by atoms with van der Waals surface area (Å²) in [4.78, 5) is 13.4. The molecule has 0 aliphatic carbocycles. The maximum Gasteiger partial charge on any atom is 0.199 e. The van der Waals surface area contributed by atoms with Gasteiger partial charge in [-0.25, -0.2) is 0 Å². The van der Waals surface area contributed by atoms with Crippen molar-refractivity contribution < 1.29 is 4.79 Å². The van der Waals surface area contributed by atoms with Gasteiger partial charge in [-0.15, -0.1) is 0 Å². The van der Waals surface area contributed by atoms with Crippen molar-refractivity contribution in [2.24, 2.45) is 0 Å². The zero-order valence-corrected chi connectivity index (χ0v) is 13.9. The van der Waals surface area contributed by atoms with Crippen molar-refractivity contribution in [3.63, 3.8) is 0 Å². The summed E-state index contributed by atoms with van der Waals surface area (Å²) in [5.41, 5.74) is 2.56. The third-order valence-electron chi connectivity index (χ3n) is 4.32. The van der Waals surface area contributed by atoms with Gasteiger partial charge in [0.15, 0.2) is 11.3 Å². The van der Waals surface area contributed by atoms with Crippen LogP contribution < -0.4 is 5.32 Å². The van der Waals surface area contributed by atoms with Crippen LogP contribution in [0.5, 0.6) is 0 Å². The summed E-state index contributed by atoms with van der Waals surface area (Å²) in [6, 6.07) is 25.4. The molecule has 1 heterocycles. The van der Waals surface area contributed by atoms with Gasteiger partial charge < -0.3 is 5.32 Å². The number of anilines is 1. The van der Waals surface area contributed by atoms with Crippen LogP contribution in [0.3, 0.4) is 0 Å². The molecule has 3 heteroatoms. The standard InChI is InChI=1S/C20H14BrNO/c21-17-12-6-5-11-16(17)20(14-8-2-1-3-9-14)19(23)15-10-4-7-13-18(15)22-20/h1-13,22H. The van der Waals surface area contributed by atoms with Crippen LogP contribution in [-0.4, -0.2) is 5.78 Å². The molecule has 1 N–H and O–H groups in total. The van der Waals surface area contributed by atoms with Gasteiger partial charge in [-0.05, 0) is 23.8 Å². The molecule has 0 saturated heterocycles. The van der Waals surface area contributed by atoms with Gasteiger partial charge in [-0.1, -0.05) is 76.6 Å². The summed E-state index contributed by atoms with van der Waals surface area (Å²) in [6.07, 6.45) is 0. The van der Waals surface area contributed by atoms with E-state index in [0.717, 1.165) is 26.9 Å². The second-order valence-corrected chi connectivity index (χ2v) is 6.45. The SMILES string of the molecule is O=C1c2ccccc2NC1(c1ccccc1)c1ccccc1Br. The van der Waals surface area contributed by atoms with Gasteiger partial charge in [0.2, 0.25) is 0 Å². The second-order valence-electron chi connectivity index (χ2n) is 5.60. The van der Waals surface area contributed by atoms with E-state index >= 15 is 0 Å². The molecule has 0 spiro atoms. The number of Topliss-reactive ketones (excluding diaryl/α,β-unsaturated/α-hetero) is 1. The van der Waals surface area contributed by atoms with Crippen molar-refractivity contribution in [1.29, 1.82) is 0 Å². The first-order valence-electron chi connectivity index (χ1n) is 7.46. The maximum atomic E-state index is 13.4. The highest BCUT2D eigenvalue weighted by molar-refractivity contribution is 9.10. The number of rotatable bonds is 2. The molecule has 1 aliphatic heterocycles. The molecular formula is C20H14BrNO. The summed E-state index contributed by atoms with van der Waals surface area (Å²) < 4.78 is 0.914. The molecule has 3 aromatic carbocycles. The second kappa shape index (κ2) is 5.36. The molecule has 0 amide bonds. The summed E-state index contributed by atoms with van der Waals surface area (Å²) >= 11 is 3.62. The maximum absolute atomic E-state index is 13.4. The molecule has 0 bridgehead atoms. The predicted octanol–water partition coefficient (Wildman–Crippen LogP) is 5.00. The first kappa shape index (κ1) is 14.2. The average molecular weight is 364 g/mol. The zero-order valence-electron chi connectivity index (χ0n) is 12.3. The Kier molecular flexibility index (Phi) is 3.31. The molecule has 2 nitrogen and oxygen atoms in total. The Labute approximate surface area is 143 Å². The van der Waals surface area contributed by atoms with Gasteiger partial charge in [0.05, 0.1) is 0 Å². The fourth-order valence-corrected chi connectivity index (χ4v) is 3.83. The Morgan fingerprint density at radius 2 is 1.43 bits per heavy atom. The minimum Gasteiger partial charge on any atom is -0.365 e. The lowest BCUT2D eigenvalue weighted by Gasteiger charge is -2.30. The van der Waals surface area contributed by atoms with Crippen LogP contribution in [0.15, 0.2) is 83.3 Å². The molecule has 1 aliphatic rings. The Hall–Kier alpha value is -2.39. The Bertz CT molecular complexity index is 891. The quantitative estimate of drug-likeness (QED) is 0.693. The minimum atomic E-state index is -0.898. The normalized spacial score (nSPS) is 19.3. The van der Waals surface area contributed by atoms with Crippen LogP contribution >= 0.6 is 15.9 Å². The number of fused-ring (bicyclic) bond motifs is 1. The number of hydrogen-bond donors (Lipinski definition) is 1. The fraction of sp³-hybridized carbons (Fsp3) is 0.0500. The Morgan fingerprint density at radius 3 is 2.17 bits per heavy atom. The summed E-state index contributed by atoms with van der Waals surface area (Å²) in [6.45, 7) is 0. The van der Waals surface area contributed by atoms with Gasteiger partial charge in [0, 0.05) is 21.3 Å². The highest BCUT2D eigenvalue weighted by Crippen LogP contribution is 2.45. The third kappa shape index (κ3) is 2.04. The van der Waals surface area contributed by atoms with Gasteiger partial charge in [-0.2, -0.15) is 0 Å². The van der Waals surface area contributed by atoms with Crippen LogP contribution in [0.2, 0.25) is 0 Å². The number of benzene rings is 3. The first-order valence-corrected chi connectivity index (χ1v) is 8.25. The predicted molar refractivity (Wildman–Crippen MR) is 95.8 cm³/mol. The zero-order chi connectivity index (χ0) is 15.9. The molecule has 0 fully saturated rings. The van der Waals surface area contributed by atoms with E-state index in [1.54, 1.807) is 0 Å². The van der Waals surface area contributed by atoms with Crippen molar-refractivity contribution >= 4 is 27.4 Å². The minimum absolute atomic E-state index is 0.0752. The van der Waals surface area contributed by atoms with Crippen LogP contribution in [0.1, 0.15) is 21.5 Å². The van der Waals surface area contributed by atoms with Crippen molar-refractivity contribution in [2.45, 2.75) is 5.54 Å².